The van der Waals surface area contributed by atoms with Crippen LogP contribution in [0, 0.1) is 11.8 Å². The molecule has 522 valence electrons. The minimum absolute atomic E-state index is 0.102. The summed E-state index contributed by atoms with van der Waals surface area (Å²) < 4.78 is 68.1. The maximum Gasteiger partial charge on any atom is 0.472 e. The van der Waals surface area contributed by atoms with Crippen LogP contribution in [0.1, 0.15) is 350 Å². The van der Waals surface area contributed by atoms with Gasteiger partial charge in [-0.3, -0.25) is 37.3 Å². The highest BCUT2D eigenvalue weighted by Crippen LogP contribution is 2.45. The molecule has 5 atom stereocenters. The summed E-state index contributed by atoms with van der Waals surface area (Å²) >= 11 is 0. The molecule has 3 N–H and O–H groups in total. The molecule has 0 aromatic heterocycles. The Morgan fingerprint density at radius 1 is 0.307 bits per heavy atom. The fourth-order valence-electron chi connectivity index (χ4n) is 10.4. The lowest BCUT2D eigenvalue weighted by Gasteiger charge is -2.21. The summed E-state index contributed by atoms with van der Waals surface area (Å²) in [5.74, 6) is -0.720. The number of phosphoric acid groups is 2. The maximum atomic E-state index is 13.0. The lowest BCUT2D eigenvalue weighted by Crippen LogP contribution is -2.30. The van der Waals surface area contributed by atoms with E-state index in [1.165, 1.54) is 161 Å². The molecule has 0 aliphatic carbocycles. The van der Waals surface area contributed by atoms with Crippen LogP contribution in [0.2, 0.25) is 0 Å². The van der Waals surface area contributed by atoms with Crippen LogP contribution >= 0.6 is 15.6 Å². The number of aliphatic hydroxyl groups is 1. The summed E-state index contributed by atoms with van der Waals surface area (Å²) in [6.45, 7) is 9.40. The predicted octanol–water partition coefficient (Wildman–Crippen LogP) is 19.6. The van der Waals surface area contributed by atoms with E-state index < -0.39 is 97.5 Å². The van der Waals surface area contributed by atoms with E-state index in [4.69, 9.17) is 37.0 Å². The summed E-state index contributed by atoms with van der Waals surface area (Å²) in [5, 5.41) is 10.6. The van der Waals surface area contributed by atoms with E-state index in [0.29, 0.717) is 31.6 Å². The molecule has 0 spiro atoms. The van der Waals surface area contributed by atoms with Crippen LogP contribution in [0.25, 0.3) is 0 Å². The molecule has 19 heteroatoms. The van der Waals surface area contributed by atoms with Gasteiger partial charge in [-0.25, -0.2) is 9.13 Å². The third-order valence-electron chi connectivity index (χ3n) is 16.0. The molecule has 0 amide bonds. The van der Waals surface area contributed by atoms with Gasteiger partial charge in [0.2, 0.25) is 0 Å². The van der Waals surface area contributed by atoms with E-state index in [-0.39, 0.29) is 25.7 Å². The van der Waals surface area contributed by atoms with Gasteiger partial charge in [-0.1, -0.05) is 298 Å². The van der Waals surface area contributed by atoms with Crippen LogP contribution in [-0.4, -0.2) is 96.7 Å². The standard InChI is InChI=1S/C69H134O17P2/c1-7-9-11-13-15-17-18-19-20-21-22-23-24-25-26-29-34-41-47-53-68(73)85-64(57-80-67(72)52-46-40-33-30-27-28-31-37-43-49-61(3)4)59-83-87(75,76)81-55-63(70)56-82-88(77,78)84-60-65(58-79-66(71)51-45-39-32-16-14-12-10-8-2)86-69(74)54-48-42-36-35-38-44-50-62(5)6/h61-65,70H,7-60H2,1-6H3,(H,75,76)(H,77,78)/t63-,64-,65-/m1/s1. The Labute approximate surface area is 537 Å². The molecular formula is C69H134O17P2. The molecule has 0 aromatic rings. The van der Waals surface area contributed by atoms with Gasteiger partial charge in [0.15, 0.2) is 12.2 Å². The molecule has 0 aliphatic heterocycles. The molecule has 0 saturated carbocycles. The predicted molar refractivity (Wildman–Crippen MR) is 354 cm³/mol. The number of unbranched alkanes of at least 4 members (excludes halogenated alkanes) is 38. The molecule has 0 rings (SSSR count). The average molecular weight is 1300 g/mol. The van der Waals surface area contributed by atoms with Gasteiger partial charge in [0.1, 0.15) is 19.3 Å². The van der Waals surface area contributed by atoms with Crippen LogP contribution in [0.15, 0.2) is 0 Å². The van der Waals surface area contributed by atoms with Gasteiger partial charge < -0.3 is 33.8 Å². The molecule has 0 radical (unpaired) electrons. The zero-order chi connectivity index (χ0) is 65.0. The molecule has 2 unspecified atom stereocenters. The minimum Gasteiger partial charge on any atom is -0.462 e. The Balaban J connectivity index is 5.17. The van der Waals surface area contributed by atoms with E-state index >= 15 is 0 Å². The molecule has 0 saturated heterocycles. The van der Waals surface area contributed by atoms with Crippen molar-refractivity contribution in [3.63, 3.8) is 0 Å². The van der Waals surface area contributed by atoms with Crippen LogP contribution in [0.5, 0.6) is 0 Å². The molecule has 0 bridgehead atoms. The SMILES string of the molecule is CCCCCCCCCCCCCCCCCCCCCC(=O)O[C@H](COC(=O)CCCCCCCCCCCC(C)C)COP(=O)(O)OC[C@@H](O)COP(=O)(O)OC[C@@H](COC(=O)CCCCCCCCCC)OC(=O)CCCCCCCCC(C)C. The number of ether oxygens (including phenoxy) is 4. The number of esters is 4. The second kappa shape index (κ2) is 61.3. The number of carbonyl (C=O) groups excluding carboxylic acids is 4. The molecule has 0 heterocycles. The van der Waals surface area contributed by atoms with Gasteiger partial charge >= 0.3 is 39.5 Å². The van der Waals surface area contributed by atoms with Crippen molar-refractivity contribution in [3.05, 3.63) is 0 Å². The quantitative estimate of drug-likeness (QED) is 0.0222. The van der Waals surface area contributed by atoms with Gasteiger partial charge in [-0.2, -0.15) is 0 Å². The summed E-state index contributed by atoms with van der Waals surface area (Å²) in [5.41, 5.74) is 0. The van der Waals surface area contributed by atoms with Gasteiger partial charge in [0, 0.05) is 25.7 Å². The normalized spacial score (nSPS) is 14.2. The molecule has 0 aromatic carbocycles. The Morgan fingerprint density at radius 3 is 0.773 bits per heavy atom. The van der Waals surface area contributed by atoms with Gasteiger partial charge in [0.05, 0.1) is 26.4 Å². The van der Waals surface area contributed by atoms with E-state index in [0.717, 1.165) is 102 Å². The monoisotopic (exact) mass is 1300 g/mol. The van der Waals surface area contributed by atoms with Gasteiger partial charge in [0.25, 0.3) is 0 Å². The Morgan fingerprint density at radius 2 is 0.523 bits per heavy atom. The summed E-state index contributed by atoms with van der Waals surface area (Å²) in [6.07, 6.45) is 46.2. The lowest BCUT2D eigenvalue weighted by atomic mass is 10.0. The highest BCUT2D eigenvalue weighted by Gasteiger charge is 2.30. The third-order valence-corrected chi connectivity index (χ3v) is 17.9. The molecule has 17 nitrogen and oxygen atoms in total. The topological polar surface area (TPSA) is 237 Å². The number of hydrogen-bond acceptors (Lipinski definition) is 15. The fourth-order valence-corrected chi connectivity index (χ4v) is 12.0. The van der Waals surface area contributed by atoms with E-state index in [9.17, 15) is 43.2 Å². The molecule has 88 heavy (non-hydrogen) atoms. The fraction of sp³-hybridized carbons (Fsp3) is 0.942. The van der Waals surface area contributed by atoms with Gasteiger partial charge in [-0.05, 0) is 37.5 Å². The Hall–Kier alpha value is -1.94. The average Bonchev–Trinajstić information content (AvgIpc) is 3.63. The highest BCUT2D eigenvalue weighted by atomic mass is 31.2. The van der Waals surface area contributed by atoms with Crippen molar-refractivity contribution in [1.82, 2.24) is 0 Å². The molecule has 0 fully saturated rings. The number of aliphatic hydroxyl groups excluding tert-OH is 1. The minimum atomic E-state index is -4.95. The smallest absolute Gasteiger partial charge is 0.462 e. The summed E-state index contributed by atoms with van der Waals surface area (Å²) in [6, 6.07) is 0. The van der Waals surface area contributed by atoms with Crippen molar-refractivity contribution in [2.24, 2.45) is 11.8 Å². The lowest BCUT2D eigenvalue weighted by molar-refractivity contribution is -0.161. The Bertz CT molecular complexity index is 1720. The second-order valence-corrected chi connectivity index (χ2v) is 28.8. The van der Waals surface area contributed by atoms with Gasteiger partial charge in [-0.15, -0.1) is 0 Å². The van der Waals surface area contributed by atoms with Crippen molar-refractivity contribution in [2.45, 2.75) is 368 Å². The molecule has 0 aliphatic rings. The zero-order valence-corrected chi connectivity index (χ0v) is 58.8. The van der Waals surface area contributed by atoms with E-state index in [1.54, 1.807) is 0 Å². The van der Waals surface area contributed by atoms with Crippen LogP contribution in [0.4, 0.5) is 0 Å². The first-order valence-electron chi connectivity index (χ1n) is 36.0. The van der Waals surface area contributed by atoms with E-state index in [1.807, 2.05) is 0 Å². The highest BCUT2D eigenvalue weighted by molar-refractivity contribution is 7.47. The zero-order valence-electron chi connectivity index (χ0n) is 57.0. The van der Waals surface area contributed by atoms with Crippen molar-refractivity contribution in [1.29, 1.82) is 0 Å². The maximum absolute atomic E-state index is 13.0. The summed E-state index contributed by atoms with van der Waals surface area (Å²) in [7, 11) is -9.89. The number of rotatable bonds is 68. The first kappa shape index (κ1) is 86.1. The van der Waals surface area contributed by atoms with Crippen molar-refractivity contribution in [3.8, 4) is 0 Å². The van der Waals surface area contributed by atoms with Crippen molar-refractivity contribution in [2.75, 3.05) is 39.6 Å². The number of carbonyl (C=O) groups is 4. The Kier molecular flexibility index (Phi) is 59.9. The first-order valence-corrected chi connectivity index (χ1v) is 39.0. The van der Waals surface area contributed by atoms with Crippen molar-refractivity contribution < 1.29 is 80.2 Å². The first-order chi connectivity index (χ1) is 42.4. The summed E-state index contributed by atoms with van der Waals surface area (Å²) in [4.78, 5) is 72.3. The second-order valence-electron chi connectivity index (χ2n) is 25.9. The number of phosphoric ester groups is 2. The largest absolute Gasteiger partial charge is 0.472 e. The molecular weight excluding hydrogens is 1160 g/mol. The van der Waals surface area contributed by atoms with Crippen LogP contribution < -0.4 is 0 Å². The van der Waals surface area contributed by atoms with Crippen molar-refractivity contribution >= 4 is 39.5 Å². The third kappa shape index (κ3) is 62.8. The van der Waals surface area contributed by atoms with Crippen LogP contribution in [-0.2, 0) is 65.4 Å². The van der Waals surface area contributed by atoms with E-state index in [2.05, 4.69) is 41.5 Å². The van der Waals surface area contributed by atoms with Crippen LogP contribution in [0.3, 0.4) is 0 Å². The number of hydrogen-bond donors (Lipinski definition) is 3.